The minimum absolute atomic E-state index is 0.143. The number of rotatable bonds is 6. The van der Waals surface area contributed by atoms with Crippen molar-refractivity contribution in [2.24, 2.45) is 0 Å². The Morgan fingerprint density at radius 2 is 1.01 bits per heavy atom. The lowest BCUT2D eigenvalue weighted by Crippen LogP contribution is -2.14. The maximum atomic E-state index is 5.65. The largest absolute Gasteiger partial charge is 0.277 e. The zero-order chi connectivity index (χ0) is 46.3. The number of benzene rings is 10. The summed E-state index contributed by atoms with van der Waals surface area (Å²) in [6.45, 7) is 17.5. The molecule has 1 aliphatic carbocycles. The van der Waals surface area contributed by atoms with Gasteiger partial charge in [0.25, 0.3) is 0 Å². The van der Waals surface area contributed by atoms with Gasteiger partial charge in [-0.05, 0) is 89.1 Å². The van der Waals surface area contributed by atoms with Crippen molar-refractivity contribution in [1.29, 1.82) is 0 Å². The second-order valence-electron chi connectivity index (χ2n) is 18.1. The summed E-state index contributed by atoms with van der Waals surface area (Å²) in [7, 11) is 0. The van der Waals surface area contributed by atoms with Crippen LogP contribution in [0.25, 0.3) is 128 Å². The first-order valence-corrected chi connectivity index (χ1v) is 23.7. The predicted octanol–water partition coefficient (Wildman–Crippen LogP) is 17.8. The molecule has 68 heavy (non-hydrogen) atoms. The van der Waals surface area contributed by atoms with Gasteiger partial charge < -0.3 is 0 Å². The van der Waals surface area contributed by atoms with Crippen LogP contribution in [-0.4, -0.2) is 14.5 Å². The van der Waals surface area contributed by atoms with Gasteiger partial charge in [-0.2, -0.15) is 0 Å². The Morgan fingerprint density at radius 1 is 0.441 bits per heavy atom. The van der Waals surface area contributed by atoms with E-state index in [4.69, 9.17) is 9.97 Å². The van der Waals surface area contributed by atoms with Crippen LogP contribution < -0.4 is 0 Å². The van der Waals surface area contributed by atoms with E-state index in [1.807, 2.05) is 26.0 Å². The van der Waals surface area contributed by atoms with Crippen LogP contribution in [0.5, 0.6) is 0 Å². The highest BCUT2D eigenvalue weighted by Crippen LogP contribution is 2.53. The van der Waals surface area contributed by atoms with Crippen LogP contribution in [0.3, 0.4) is 0 Å². The van der Waals surface area contributed by atoms with Gasteiger partial charge in [0.1, 0.15) is 0 Å². The van der Waals surface area contributed by atoms with E-state index in [1.165, 1.54) is 49.4 Å². The van der Waals surface area contributed by atoms with E-state index in [1.54, 1.807) is 0 Å². The molecule has 13 rings (SSSR count). The molecular formula is C65H49N3. The standard InChI is InChI=1S/C63H43N3.C2H6/c1-5-43-44(6-2)58-52-27-16-26-48(42-34-35-54-53(37-42)57-47-21-10-8-18-39(47)33-36-55(57)63(54,3)4)60(52)66(61(58)50-23-12-11-22-49(43)50)62-64-56-28-14-13-24-51(56)59(65-62)41-31-29-40(30-32-41)46-25-15-19-38-17-7-9-20-45(38)46;1-2/h5-37H,1-2H2,3-4H3;1-2H3. The SMILES string of the molecule is C=Cc1c(C=C)c2c3cccc(-c4ccc5c(c4)-c4c(ccc6ccccc46)C5(C)C)c3n(-c3nc(-c4ccc(-c5cccc6ccccc56)cc4)c4ccccc4n3)c2c2ccccc12.CC. The molecule has 0 atom stereocenters. The highest BCUT2D eigenvalue weighted by molar-refractivity contribution is 6.25. The van der Waals surface area contributed by atoms with Crippen LogP contribution in [0.2, 0.25) is 0 Å². The van der Waals surface area contributed by atoms with E-state index >= 15 is 0 Å². The number of nitrogens with zero attached hydrogens (tertiary/aromatic N) is 3. The average Bonchev–Trinajstić information content (AvgIpc) is 3.87. The Kier molecular flexibility index (Phi) is 9.60. The average molecular weight is 872 g/mol. The van der Waals surface area contributed by atoms with Crippen LogP contribution in [0.1, 0.15) is 49.9 Å². The molecule has 0 unspecified atom stereocenters. The molecule has 0 amide bonds. The van der Waals surface area contributed by atoms with Gasteiger partial charge in [0.15, 0.2) is 0 Å². The third kappa shape index (κ3) is 5.98. The summed E-state index contributed by atoms with van der Waals surface area (Å²) >= 11 is 0. The van der Waals surface area contributed by atoms with E-state index in [9.17, 15) is 0 Å². The zero-order valence-electron chi connectivity index (χ0n) is 38.8. The molecule has 0 spiro atoms. The van der Waals surface area contributed by atoms with E-state index in [2.05, 4.69) is 220 Å². The molecular weight excluding hydrogens is 823 g/mol. The van der Waals surface area contributed by atoms with Crippen LogP contribution in [0.15, 0.2) is 201 Å². The van der Waals surface area contributed by atoms with E-state index < -0.39 is 0 Å². The summed E-state index contributed by atoms with van der Waals surface area (Å²) in [6.07, 6.45) is 3.97. The van der Waals surface area contributed by atoms with Gasteiger partial charge in [-0.1, -0.05) is 229 Å². The molecule has 0 radical (unpaired) electrons. The summed E-state index contributed by atoms with van der Waals surface area (Å²) in [5, 5.41) is 10.4. The lowest BCUT2D eigenvalue weighted by molar-refractivity contribution is 0.661. The van der Waals surface area contributed by atoms with Gasteiger partial charge in [-0.15, -0.1) is 0 Å². The molecule has 3 nitrogen and oxygen atoms in total. The van der Waals surface area contributed by atoms with Gasteiger partial charge in [-0.25, -0.2) is 9.97 Å². The lowest BCUT2D eigenvalue weighted by Gasteiger charge is -2.21. The quantitative estimate of drug-likeness (QED) is 0.167. The van der Waals surface area contributed by atoms with Crippen LogP contribution in [0, 0.1) is 0 Å². The first-order valence-electron chi connectivity index (χ1n) is 23.7. The molecule has 3 heteroatoms. The molecule has 2 aromatic heterocycles. The zero-order valence-corrected chi connectivity index (χ0v) is 38.8. The van der Waals surface area contributed by atoms with Gasteiger partial charge in [-0.3, -0.25) is 4.57 Å². The van der Waals surface area contributed by atoms with Crippen LogP contribution in [0.4, 0.5) is 0 Å². The van der Waals surface area contributed by atoms with Crippen molar-refractivity contribution in [3.8, 4) is 50.6 Å². The monoisotopic (exact) mass is 871 g/mol. The minimum Gasteiger partial charge on any atom is -0.277 e. The van der Waals surface area contributed by atoms with Crippen molar-refractivity contribution in [2.45, 2.75) is 33.1 Å². The predicted molar refractivity (Wildman–Crippen MR) is 292 cm³/mol. The van der Waals surface area contributed by atoms with Crippen LogP contribution >= 0.6 is 0 Å². The third-order valence-electron chi connectivity index (χ3n) is 14.4. The molecule has 1 aliphatic rings. The molecule has 324 valence electrons. The summed E-state index contributed by atoms with van der Waals surface area (Å²) in [5.74, 6) is 0.611. The molecule has 0 N–H and O–H groups in total. The Bertz CT molecular complexity index is 4050. The van der Waals surface area contributed by atoms with Gasteiger partial charge in [0, 0.05) is 38.1 Å². The molecule has 0 saturated carbocycles. The fourth-order valence-corrected chi connectivity index (χ4v) is 11.3. The van der Waals surface area contributed by atoms with E-state index in [0.29, 0.717) is 5.95 Å². The Balaban J connectivity index is 0.00000237. The number of aromatic nitrogens is 3. The van der Waals surface area contributed by atoms with Gasteiger partial charge in [0.2, 0.25) is 5.95 Å². The summed E-state index contributed by atoms with van der Waals surface area (Å²) in [5.41, 5.74) is 16.8. The lowest BCUT2D eigenvalue weighted by atomic mass is 9.82. The first-order chi connectivity index (χ1) is 33.4. The first kappa shape index (κ1) is 41.1. The third-order valence-corrected chi connectivity index (χ3v) is 14.4. The topological polar surface area (TPSA) is 30.7 Å². The molecule has 12 aromatic rings. The smallest absolute Gasteiger partial charge is 0.235 e. The molecule has 0 aliphatic heterocycles. The maximum Gasteiger partial charge on any atom is 0.235 e. The highest BCUT2D eigenvalue weighted by Gasteiger charge is 2.37. The van der Waals surface area contributed by atoms with Crippen LogP contribution in [-0.2, 0) is 5.41 Å². The molecule has 0 saturated heterocycles. The van der Waals surface area contributed by atoms with Crippen molar-refractivity contribution in [3.05, 3.63) is 223 Å². The Hall–Kier alpha value is -8.40. The second-order valence-corrected chi connectivity index (χ2v) is 18.1. The number of hydrogen-bond donors (Lipinski definition) is 0. The molecule has 2 heterocycles. The fourth-order valence-electron chi connectivity index (χ4n) is 11.3. The van der Waals surface area contributed by atoms with Gasteiger partial charge in [0.05, 0.1) is 22.2 Å². The Labute approximate surface area is 397 Å². The van der Waals surface area contributed by atoms with Gasteiger partial charge >= 0.3 is 0 Å². The summed E-state index contributed by atoms with van der Waals surface area (Å²) in [4.78, 5) is 11.1. The number of hydrogen-bond acceptors (Lipinski definition) is 2. The fraction of sp³-hybridized carbons (Fsp3) is 0.0769. The second kappa shape index (κ2) is 15.9. The van der Waals surface area contributed by atoms with Crippen molar-refractivity contribution >= 4 is 77.2 Å². The Morgan fingerprint density at radius 3 is 1.78 bits per heavy atom. The summed E-state index contributed by atoms with van der Waals surface area (Å²) < 4.78 is 2.34. The molecule has 0 bridgehead atoms. The number of para-hydroxylation sites is 2. The number of fused-ring (bicyclic) bond motifs is 12. The molecule has 10 aromatic carbocycles. The highest BCUT2D eigenvalue weighted by atomic mass is 15.2. The maximum absolute atomic E-state index is 5.65. The molecule has 0 fully saturated rings. The van der Waals surface area contributed by atoms with E-state index in [-0.39, 0.29) is 5.41 Å². The van der Waals surface area contributed by atoms with Crippen molar-refractivity contribution < 1.29 is 0 Å². The van der Waals surface area contributed by atoms with E-state index in [0.717, 1.165) is 82.6 Å². The summed E-state index contributed by atoms with van der Waals surface area (Å²) in [6, 6.07) is 68.2. The minimum atomic E-state index is -0.143. The van der Waals surface area contributed by atoms with Crippen molar-refractivity contribution in [2.75, 3.05) is 0 Å². The van der Waals surface area contributed by atoms with Crippen molar-refractivity contribution in [3.63, 3.8) is 0 Å². The normalized spacial score (nSPS) is 12.6. The van der Waals surface area contributed by atoms with Crippen molar-refractivity contribution in [1.82, 2.24) is 14.5 Å².